The van der Waals surface area contributed by atoms with Gasteiger partial charge in [-0.25, -0.2) is 0 Å². The first-order valence-corrected chi connectivity index (χ1v) is 6.98. The Kier molecular flexibility index (Phi) is 4.73. The van der Waals surface area contributed by atoms with Crippen molar-refractivity contribution in [3.63, 3.8) is 0 Å². The zero-order valence-corrected chi connectivity index (χ0v) is 12.0. The molecule has 0 saturated carbocycles. The molecule has 1 aromatic carbocycles. The minimum absolute atomic E-state index is 0.102. The molecule has 2 amide bonds. The Balaban J connectivity index is 1.91. The third kappa shape index (κ3) is 3.78. The molecule has 0 aliphatic carbocycles. The number of carbonyl (C=O) groups is 2. The highest BCUT2D eigenvalue weighted by molar-refractivity contribution is 6.00. The van der Waals surface area contributed by atoms with Crippen molar-refractivity contribution in [2.75, 3.05) is 0 Å². The van der Waals surface area contributed by atoms with Crippen LogP contribution in [0.5, 0.6) is 0 Å². The van der Waals surface area contributed by atoms with Gasteiger partial charge in [0, 0.05) is 6.54 Å². The Morgan fingerprint density at radius 1 is 1.32 bits per heavy atom. The predicted molar refractivity (Wildman–Crippen MR) is 73.7 cm³/mol. The SMILES string of the molecule is Cc1ccccc1CNC(=O)[C@H]1CC[C@@H](C(F)(F)F)NC1=O. The summed E-state index contributed by atoms with van der Waals surface area (Å²) in [6, 6.07) is 5.57. The van der Waals surface area contributed by atoms with Crippen molar-refractivity contribution in [3.8, 4) is 0 Å². The maximum Gasteiger partial charge on any atom is 0.408 e. The molecule has 1 heterocycles. The van der Waals surface area contributed by atoms with Crippen LogP contribution in [0.2, 0.25) is 0 Å². The maximum atomic E-state index is 12.5. The summed E-state index contributed by atoms with van der Waals surface area (Å²) in [6.45, 7) is 2.14. The van der Waals surface area contributed by atoms with Gasteiger partial charge in [-0.1, -0.05) is 24.3 Å². The molecule has 1 aliphatic rings. The summed E-state index contributed by atoms with van der Waals surface area (Å²) in [5.41, 5.74) is 1.90. The highest BCUT2D eigenvalue weighted by Crippen LogP contribution is 2.28. The van der Waals surface area contributed by atoms with Crippen molar-refractivity contribution >= 4 is 11.8 Å². The van der Waals surface area contributed by atoms with Crippen LogP contribution in [0.15, 0.2) is 24.3 Å². The number of benzene rings is 1. The Labute approximate surface area is 126 Å². The molecule has 22 heavy (non-hydrogen) atoms. The van der Waals surface area contributed by atoms with E-state index in [0.29, 0.717) is 0 Å². The second-order valence-corrected chi connectivity index (χ2v) is 5.38. The highest BCUT2D eigenvalue weighted by atomic mass is 19.4. The van der Waals surface area contributed by atoms with E-state index in [9.17, 15) is 22.8 Å². The quantitative estimate of drug-likeness (QED) is 0.839. The lowest BCUT2D eigenvalue weighted by Crippen LogP contribution is -2.54. The van der Waals surface area contributed by atoms with Crippen LogP contribution in [0.1, 0.15) is 24.0 Å². The van der Waals surface area contributed by atoms with E-state index in [1.165, 1.54) is 0 Å². The summed E-state index contributed by atoms with van der Waals surface area (Å²) < 4.78 is 37.6. The van der Waals surface area contributed by atoms with Gasteiger partial charge < -0.3 is 10.6 Å². The zero-order chi connectivity index (χ0) is 16.3. The summed E-state index contributed by atoms with van der Waals surface area (Å²) in [4.78, 5) is 23.7. The van der Waals surface area contributed by atoms with E-state index in [4.69, 9.17) is 0 Å². The normalized spacial score (nSPS) is 22.1. The molecule has 1 aliphatic heterocycles. The average molecular weight is 314 g/mol. The predicted octanol–water partition coefficient (Wildman–Crippen LogP) is 2.07. The molecule has 4 nitrogen and oxygen atoms in total. The minimum atomic E-state index is -4.47. The number of rotatable bonds is 3. The molecule has 7 heteroatoms. The lowest BCUT2D eigenvalue weighted by molar-refractivity contribution is -0.171. The molecule has 0 radical (unpaired) electrons. The molecule has 2 N–H and O–H groups in total. The molecule has 1 saturated heterocycles. The van der Waals surface area contributed by atoms with Crippen molar-refractivity contribution in [1.29, 1.82) is 0 Å². The first-order valence-electron chi connectivity index (χ1n) is 6.98. The minimum Gasteiger partial charge on any atom is -0.351 e. The van der Waals surface area contributed by atoms with Gasteiger partial charge in [0.25, 0.3) is 0 Å². The molecule has 1 fully saturated rings. The molecular weight excluding hydrogens is 297 g/mol. The zero-order valence-electron chi connectivity index (χ0n) is 12.0. The second kappa shape index (κ2) is 6.37. The Morgan fingerprint density at radius 2 is 2.00 bits per heavy atom. The van der Waals surface area contributed by atoms with E-state index in [2.05, 4.69) is 5.32 Å². The number of nitrogens with one attached hydrogen (secondary N) is 2. The summed E-state index contributed by atoms with van der Waals surface area (Å²) in [5, 5.41) is 4.48. The van der Waals surface area contributed by atoms with Gasteiger partial charge in [0.15, 0.2) is 0 Å². The van der Waals surface area contributed by atoms with Crippen LogP contribution in [0, 0.1) is 12.8 Å². The molecule has 0 spiro atoms. The topological polar surface area (TPSA) is 58.2 Å². The van der Waals surface area contributed by atoms with Crippen molar-refractivity contribution in [3.05, 3.63) is 35.4 Å². The van der Waals surface area contributed by atoms with Gasteiger partial charge in [0.2, 0.25) is 11.8 Å². The van der Waals surface area contributed by atoms with Gasteiger partial charge in [-0.2, -0.15) is 13.2 Å². The Bertz CT molecular complexity index is 572. The van der Waals surface area contributed by atoms with E-state index < -0.39 is 30.0 Å². The summed E-state index contributed by atoms with van der Waals surface area (Å²) in [5.74, 6) is -2.47. The number of piperidine rings is 1. The molecule has 120 valence electrons. The first-order chi connectivity index (χ1) is 10.3. The van der Waals surface area contributed by atoms with Crippen LogP contribution in [0.3, 0.4) is 0 Å². The molecule has 2 atom stereocenters. The number of carbonyl (C=O) groups excluding carboxylic acids is 2. The van der Waals surface area contributed by atoms with Crippen LogP contribution in [0.4, 0.5) is 13.2 Å². The van der Waals surface area contributed by atoms with Crippen LogP contribution < -0.4 is 10.6 Å². The molecule has 2 rings (SSSR count). The molecule has 0 bridgehead atoms. The lowest BCUT2D eigenvalue weighted by Gasteiger charge is -2.29. The van der Waals surface area contributed by atoms with Crippen molar-refractivity contribution < 1.29 is 22.8 Å². The van der Waals surface area contributed by atoms with Gasteiger partial charge in [-0.05, 0) is 30.9 Å². The number of amides is 2. The number of halogens is 3. The third-order valence-electron chi connectivity index (χ3n) is 3.80. The fourth-order valence-electron chi connectivity index (χ4n) is 2.42. The first kappa shape index (κ1) is 16.3. The van der Waals surface area contributed by atoms with Crippen LogP contribution in [-0.2, 0) is 16.1 Å². The van der Waals surface area contributed by atoms with Gasteiger partial charge in [0.05, 0.1) is 0 Å². The highest BCUT2D eigenvalue weighted by Gasteiger charge is 2.45. The van der Waals surface area contributed by atoms with Gasteiger partial charge in [0.1, 0.15) is 12.0 Å². The molecular formula is C15H17F3N2O2. The largest absolute Gasteiger partial charge is 0.408 e. The van der Waals surface area contributed by atoms with Crippen molar-refractivity contribution in [1.82, 2.24) is 10.6 Å². The fraction of sp³-hybridized carbons (Fsp3) is 0.467. The number of aryl methyl sites for hydroxylation is 1. The summed E-state index contributed by atoms with van der Waals surface area (Å²) in [7, 11) is 0. The van der Waals surface area contributed by atoms with E-state index >= 15 is 0 Å². The molecule has 1 aromatic rings. The molecule has 0 unspecified atom stereocenters. The number of hydrogen-bond acceptors (Lipinski definition) is 2. The van der Waals surface area contributed by atoms with Crippen molar-refractivity contribution in [2.24, 2.45) is 5.92 Å². The Hall–Kier alpha value is -2.05. The number of hydrogen-bond donors (Lipinski definition) is 2. The van der Waals surface area contributed by atoms with Crippen LogP contribution in [0.25, 0.3) is 0 Å². The lowest BCUT2D eigenvalue weighted by atomic mass is 9.92. The smallest absolute Gasteiger partial charge is 0.351 e. The van der Waals surface area contributed by atoms with Crippen LogP contribution in [-0.4, -0.2) is 24.0 Å². The van der Waals surface area contributed by atoms with Gasteiger partial charge in [-0.3, -0.25) is 9.59 Å². The average Bonchev–Trinajstić information content (AvgIpc) is 2.45. The number of alkyl halides is 3. The van der Waals surface area contributed by atoms with Crippen molar-refractivity contribution in [2.45, 2.75) is 38.5 Å². The maximum absolute atomic E-state index is 12.5. The summed E-state index contributed by atoms with van der Waals surface area (Å²) >= 11 is 0. The third-order valence-corrected chi connectivity index (χ3v) is 3.80. The van der Waals surface area contributed by atoms with Gasteiger partial charge in [-0.15, -0.1) is 0 Å². The van der Waals surface area contributed by atoms with E-state index in [0.717, 1.165) is 11.1 Å². The van der Waals surface area contributed by atoms with Crippen LogP contribution >= 0.6 is 0 Å². The fourth-order valence-corrected chi connectivity index (χ4v) is 2.42. The molecule has 0 aromatic heterocycles. The Morgan fingerprint density at radius 3 is 2.59 bits per heavy atom. The van der Waals surface area contributed by atoms with Gasteiger partial charge >= 0.3 is 6.18 Å². The standard InChI is InChI=1S/C15H17F3N2O2/c1-9-4-2-3-5-10(9)8-19-13(21)11-6-7-12(15(16,17)18)20-14(11)22/h2-5,11-12H,6-8H2,1H3,(H,19,21)(H,20,22)/t11-,12+/m1/s1. The van der Waals surface area contributed by atoms with E-state index in [-0.39, 0.29) is 19.4 Å². The second-order valence-electron chi connectivity index (χ2n) is 5.38. The monoisotopic (exact) mass is 314 g/mol. The van der Waals surface area contributed by atoms with E-state index in [1.54, 1.807) is 0 Å². The summed E-state index contributed by atoms with van der Waals surface area (Å²) in [6.07, 6.45) is -4.86. The van der Waals surface area contributed by atoms with E-state index in [1.807, 2.05) is 36.5 Å².